The zero-order chi connectivity index (χ0) is 23.7. The normalized spacial score (nSPS) is 11.9. The van der Waals surface area contributed by atoms with Gasteiger partial charge in [0.25, 0.3) is 5.91 Å². The van der Waals surface area contributed by atoms with E-state index in [4.69, 9.17) is 4.74 Å². The maximum atomic E-state index is 13.9. The average Bonchev–Trinajstić information content (AvgIpc) is 2.90. The summed E-state index contributed by atoms with van der Waals surface area (Å²) in [6.07, 6.45) is 1.72. The van der Waals surface area contributed by atoms with Crippen molar-refractivity contribution in [2.75, 3.05) is 16.8 Å². The Balaban J connectivity index is 1.67. The van der Waals surface area contributed by atoms with Gasteiger partial charge in [-0.25, -0.2) is 0 Å². The van der Waals surface area contributed by atoms with Gasteiger partial charge in [0.15, 0.2) is 11.5 Å². The zero-order valence-corrected chi connectivity index (χ0v) is 19.8. The van der Waals surface area contributed by atoms with Gasteiger partial charge in [0, 0.05) is 30.1 Å². The Labute approximate surface area is 201 Å². The van der Waals surface area contributed by atoms with Crippen LogP contribution in [-0.2, 0) is 12.8 Å². The molecule has 0 spiro atoms. The molecule has 1 aliphatic rings. The summed E-state index contributed by atoms with van der Waals surface area (Å²) in [7, 11) is 2.03. The van der Waals surface area contributed by atoms with E-state index < -0.39 is 0 Å². The molecule has 4 nitrogen and oxygen atoms in total. The second-order valence-electron chi connectivity index (χ2n) is 8.41. The standard InChI is InChI=1S/C30H28N2O2/c1-4-21-16-19-27-29(25(21)5-2)32(30(33)22-12-8-6-9-13-22)26-18-17-24(20-28(26)34-27)31(3)23-14-10-7-11-15-23/h6-20H,4-5H2,1-3H3. The molecule has 0 aliphatic carbocycles. The summed E-state index contributed by atoms with van der Waals surface area (Å²) in [6.45, 7) is 4.28. The minimum absolute atomic E-state index is 0.0569. The number of nitrogens with zero attached hydrogens (tertiary/aromatic N) is 2. The van der Waals surface area contributed by atoms with E-state index in [1.807, 2.05) is 84.7 Å². The molecule has 4 aromatic rings. The second kappa shape index (κ2) is 9.06. The fraction of sp³-hybridized carbons (Fsp3) is 0.167. The number of hydrogen-bond acceptors (Lipinski definition) is 3. The van der Waals surface area contributed by atoms with Gasteiger partial charge >= 0.3 is 0 Å². The van der Waals surface area contributed by atoms with Gasteiger partial charge in [0.2, 0.25) is 0 Å². The summed E-state index contributed by atoms with van der Waals surface area (Å²) >= 11 is 0. The Hall–Kier alpha value is -4.05. The van der Waals surface area contributed by atoms with Crippen LogP contribution in [0.25, 0.3) is 0 Å². The molecule has 0 bridgehead atoms. The van der Waals surface area contributed by atoms with Crippen LogP contribution in [0.2, 0.25) is 0 Å². The molecule has 0 aromatic heterocycles. The number of carbonyl (C=O) groups is 1. The average molecular weight is 449 g/mol. The van der Waals surface area contributed by atoms with E-state index in [-0.39, 0.29) is 5.91 Å². The molecule has 34 heavy (non-hydrogen) atoms. The van der Waals surface area contributed by atoms with Crippen molar-refractivity contribution in [3.8, 4) is 11.5 Å². The van der Waals surface area contributed by atoms with Gasteiger partial charge < -0.3 is 9.64 Å². The first-order valence-electron chi connectivity index (χ1n) is 11.8. The smallest absolute Gasteiger partial charge is 0.263 e. The molecule has 0 radical (unpaired) electrons. The lowest BCUT2D eigenvalue weighted by Crippen LogP contribution is -2.30. The number of benzene rings is 4. The molecule has 1 heterocycles. The fourth-order valence-electron chi connectivity index (χ4n) is 4.65. The maximum Gasteiger partial charge on any atom is 0.263 e. The van der Waals surface area contributed by atoms with E-state index in [1.54, 1.807) is 0 Å². The van der Waals surface area contributed by atoms with Gasteiger partial charge in [0.1, 0.15) is 0 Å². The molecule has 0 N–H and O–H groups in total. The highest BCUT2D eigenvalue weighted by molar-refractivity contribution is 6.14. The van der Waals surface area contributed by atoms with E-state index in [0.717, 1.165) is 41.2 Å². The van der Waals surface area contributed by atoms with Crippen LogP contribution < -0.4 is 14.5 Å². The molecule has 0 atom stereocenters. The number of fused-ring (bicyclic) bond motifs is 2. The highest BCUT2D eigenvalue weighted by Crippen LogP contribution is 2.51. The van der Waals surface area contributed by atoms with Crippen molar-refractivity contribution >= 4 is 28.7 Å². The van der Waals surface area contributed by atoms with Crippen molar-refractivity contribution in [3.63, 3.8) is 0 Å². The minimum atomic E-state index is -0.0569. The Morgan fingerprint density at radius 3 is 2.18 bits per heavy atom. The molecule has 0 fully saturated rings. The molecule has 1 amide bonds. The van der Waals surface area contributed by atoms with Gasteiger partial charge in [0.05, 0.1) is 11.4 Å². The van der Waals surface area contributed by atoms with Crippen LogP contribution in [0, 0.1) is 0 Å². The predicted molar refractivity (Wildman–Crippen MR) is 139 cm³/mol. The highest BCUT2D eigenvalue weighted by atomic mass is 16.5. The number of amides is 1. The van der Waals surface area contributed by atoms with Gasteiger partial charge in [-0.1, -0.05) is 56.3 Å². The molecule has 5 rings (SSSR count). The van der Waals surface area contributed by atoms with E-state index in [2.05, 4.69) is 36.9 Å². The Morgan fingerprint density at radius 2 is 1.50 bits per heavy atom. The van der Waals surface area contributed by atoms with Gasteiger partial charge in [-0.05, 0) is 66.4 Å². The molecular weight excluding hydrogens is 420 g/mol. The number of rotatable bonds is 5. The first kappa shape index (κ1) is 21.8. The van der Waals surface area contributed by atoms with Gasteiger partial charge in [-0.2, -0.15) is 0 Å². The summed E-state index contributed by atoms with van der Waals surface area (Å²) in [5.41, 5.74) is 6.72. The van der Waals surface area contributed by atoms with Crippen LogP contribution in [0.1, 0.15) is 35.3 Å². The van der Waals surface area contributed by atoms with Gasteiger partial charge in [-0.15, -0.1) is 0 Å². The van der Waals surface area contributed by atoms with Gasteiger partial charge in [-0.3, -0.25) is 9.69 Å². The number of hydrogen-bond donors (Lipinski definition) is 0. The lowest BCUT2D eigenvalue weighted by atomic mass is 9.97. The number of ether oxygens (including phenoxy) is 1. The minimum Gasteiger partial charge on any atom is -0.453 e. The summed E-state index contributed by atoms with van der Waals surface area (Å²) < 4.78 is 6.44. The quantitative estimate of drug-likeness (QED) is 0.314. The third kappa shape index (κ3) is 3.71. The Morgan fingerprint density at radius 1 is 0.794 bits per heavy atom. The topological polar surface area (TPSA) is 32.8 Å². The van der Waals surface area contributed by atoms with Crippen molar-refractivity contribution in [1.82, 2.24) is 0 Å². The predicted octanol–water partition coefficient (Wildman–Crippen LogP) is 7.66. The van der Waals surface area contributed by atoms with Crippen molar-refractivity contribution in [1.29, 1.82) is 0 Å². The molecule has 0 unspecified atom stereocenters. The lowest BCUT2D eigenvalue weighted by Gasteiger charge is -2.34. The van der Waals surface area contributed by atoms with Crippen LogP contribution in [0.15, 0.2) is 91.0 Å². The van der Waals surface area contributed by atoms with Crippen molar-refractivity contribution in [2.24, 2.45) is 0 Å². The summed E-state index contributed by atoms with van der Waals surface area (Å²) in [4.78, 5) is 17.8. The largest absolute Gasteiger partial charge is 0.453 e. The zero-order valence-electron chi connectivity index (χ0n) is 19.8. The summed E-state index contributed by atoms with van der Waals surface area (Å²) in [5.74, 6) is 1.33. The number of aryl methyl sites for hydroxylation is 1. The van der Waals surface area contributed by atoms with E-state index in [1.165, 1.54) is 5.56 Å². The second-order valence-corrected chi connectivity index (χ2v) is 8.41. The van der Waals surface area contributed by atoms with Crippen LogP contribution in [0.3, 0.4) is 0 Å². The lowest BCUT2D eigenvalue weighted by molar-refractivity contribution is 0.0997. The molecule has 0 saturated heterocycles. The first-order chi connectivity index (χ1) is 16.6. The SMILES string of the molecule is CCc1ccc2c(c1CC)N(C(=O)c1ccccc1)c1ccc(N(C)c3ccccc3)cc1O2. The molecule has 4 heteroatoms. The molecule has 170 valence electrons. The van der Waals surface area contributed by atoms with E-state index in [9.17, 15) is 4.79 Å². The fourth-order valence-corrected chi connectivity index (χ4v) is 4.65. The number of anilines is 4. The van der Waals surface area contributed by atoms with Crippen LogP contribution in [-0.4, -0.2) is 13.0 Å². The van der Waals surface area contributed by atoms with Crippen molar-refractivity contribution in [2.45, 2.75) is 26.7 Å². The summed E-state index contributed by atoms with van der Waals surface area (Å²) in [5, 5.41) is 0. The van der Waals surface area contributed by atoms with Crippen LogP contribution in [0.4, 0.5) is 22.7 Å². The third-order valence-electron chi connectivity index (χ3n) is 6.46. The highest BCUT2D eigenvalue weighted by Gasteiger charge is 2.33. The number of para-hydroxylation sites is 1. The molecule has 4 aromatic carbocycles. The number of carbonyl (C=O) groups excluding carboxylic acids is 1. The molecular formula is C30H28N2O2. The summed E-state index contributed by atoms with van der Waals surface area (Å²) in [6, 6.07) is 29.8. The van der Waals surface area contributed by atoms with E-state index in [0.29, 0.717) is 17.1 Å². The van der Waals surface area contributed by atoms with Crippen LogP contribution >= 0.6 is 0 Å². The third-order valence-corrected chi connectivity index (χ3v) is 6.46. The van der Waals surface area contributed by atoms with Crippen LogP contribution in [0.5, 0.6) is 11.5 Å². The van der Waals surface area contributed by atoms with E-state index >= 15 is 0 Å². The molecule has 1 aliphatic heterocycles. The first-order valence-corrected chi connectivity index (χ1v) is 11.8. The Kier molecular flexibility index (Phi) is 5.81. The Bertz CT molecular complexity index is 1330. The maximum absolute atomic E-state index is 13.9. The molecule has 0 saturated carbocycles. The monoisotopic (exact) mass is 448 g/mol. The van der Waals surface area contributed by atoms with Crippen molar-refractivity contribution < 1.29 is 9.53 Å². The van der Waals surface area contributed by atoms with Crippen molar-refractivity contribution in [3.05, 3.63) is 108 Å².